The van der Waals surface area contributed by atoms with Crippen molar-refractivity contribution in [3.05, 3.63) is 197 Å². The van der Waals surface area contributed by atoms with Crippen LogP contribution in [0.1, 0.15) is 116 Å². The summed E-state index contributed by atoms with van der Waals surface area (Å²) in [6, 6.07) is 46.3. The van der Waals surface area contributed by atoms with Gasteiger partial charge in [-0.2, -0.15) is 26.4 Å². The number of aryl methyl sites for hydroxylation is 4. The smallest absolute Gasteiger partial charge is 0.796 e. The van der Waals surface area contributed by atoms with Crippen molar-refractivity contribution in [2.75, 3.05) is 55.5 Å². The van der Waals surface area contributed by atoms with Gasteiger partial charge in [0, 0.05) is 37.0 Å². The minimum absolute atomic E-state index is 0. The van der Waals surface area contributed by atoms with E-state index in [0.29, 0.717) is 19.3 Å². The van der Waals surface area contributed by atoms with Gasteiger partial charge >= 0.3 is 50.7 Å². The third kappa shape index (κ3) is 32.1. The molecule has 0 unspecified atom stereocenters. The fraction of sp³-hybridized carbons (Fsp3) is 0.478. The van der Waals surface area contributed by atoms with Crippen LogP contribution in [0.25, 0.3) is 0 Å². The van der Waals surface area contributed by atoms with Crippen molar-refractivity contribution >= 4 is 145 Å². The molecule has 6 aromatic rings. The predicted octanol–water partition coefficient (Wildman–Crippen LogP) is 12.1. The van der Waals surface area contributed by atoms with E-state index in [1.807, 2.05) is 199 Å². The Morgan fingerprint density at radius 1 is 0.438 bits per heavy atom. The molecule has 0 amide bonds. The molecule has 0 radical (unpaired) electrons. The first-order valence-corrected chi connectivity index (χ1v) is 41.8. The second-order valence-electron chi connectivity index (χ2n) is 25.9. The van der Waals surface area contributed by atoms with Crippen molar-refractivity contribution in [3.63, 3.8) is 0 Å². The number of rotatable bonds is 18. The molecule has 0 aliphatic carbocycles. The summed E-state index contributed by atoms with van der Waals surface area (Å²) in [5, 5.41) is 8.58. The average Bonchev–Trinajstić information content (AvgIpc) is 1.61. The molecule has 14 nitrogen and oxygen atoms in total. The van der Waals surface area contributed by atoms with E-state index in [-0.39, 0.29) is 99.9 Å². The second kappa shape index (κ2) is 41.2. The van der Waals surface area contributed by atoms with E-state index < -0.39 is 43.8 Å². The Morgan fingerprint density at radius 3 is 1.02 bits per heavy atom. The van der Waals surface area contributed by atoms with Crippen molar-refractivity contribution < 1.29 is 92.0 Å². The summed E-state index contributed by atoms with van der Waals surface area (Å²) < 4.78 is 113. The molecule has 1 N–H and O–H groups in total. The zero-order chi connectivity index (χ0) is 71.9. The van der Waals surface area contributed by atoms with Crippen LogP contribution in [0.15, 0.2) is 168 Å². The summed E-state index contributed by atoms with van der Waals surface area (Å²) >= 11 is 19.4. The Bertz CT molecular complexity index is 3520. The van der Waals surface area contributed by atoms with Crippen molar-refractivity contribution in [1.29, 1.82) is 0 Å². The summed E-state index contributed by atoms with van der Waals surface area (Å²) in [6.07, 6.45) is 9.82. The van der Waals surface area contributed by atoms with Crippen LogP contribution in [0.2, 0.25) is 0 Å². The largest absolute Gasteiger partial charge is 1.00 e. The Morgan fingerprint density at radius 2 is 0.719 bits per heavy atom. The maximum atomic E-state index is 12.0. The maximum absolute atomic E-state index is 12.0. The van der Waals surface area contributed by atoms with Gasteiger partial charge in [0.25, 0.3) is 10.1 Å². The molecule has 0 atom stereocenters. The summed E-state index contributed by atoms with van der Waals surface area (Å²) in [5.41, 5.74) is 5.50. The molecule has 0 aromatic heterocycles. The Labute approximate surface area is 642 Å². The van der Waals surface area contributed by atoms with E-state index in [1.54, 1.807) is 30.5 Å². The molecule has 0 saturated carbocycles. The van der Waals surface area contributed by atoms with Crippen LogP contribution in [-0.2, 0) is 107 Å². The van der Waals surface area contributed by atoms with Gasteiger partial charge in [0.05, 0.1) is 56.6 Å². The molecule has 524 valence electrons. The number of hydrogen-bond donors (Lipinski definition) is 1. The Kier molecular flexibility index (Phi) is 39.0. The van der Waals surface area contributed by atoms with Gasteiger partial charge in [-0.05, 0) is 228 Å². The Balaban J connectivity index is 0.000000396. The first kappa shape index (κ1) is 90.7. The zero-order valence-corrected chi connectivity index (χ0v) is 71.4. The van der Waals surface area contributed by atoms with Crippen molar-refractivity contribution in [1.82, 2.24) is 0 Å². The van der Waals surface area contributed by atoms with Crippen LogP contribution in [0, 0.1) is 6.92 Å². The van der Waals surface area contributed by atoms with Gasteiger partial charge in [0.15, 0.2) is 0 Å². The van der Waals surface area contributed by atoms with Gasteiger partial charge in [-0.3, -0.25) is 4.18 Å². The topological polar surface area (TPSA) is 187 Å². The maximum Gasteiger partial charge on any atom is 1.00 e. The third-order valence-electron chi connectivity index (χ3n) is 16.4. The fourth-order valence-electron chi connectivity index (χ4n) is 8.42. The SMILES string of the molecule is CC1(C)OB(B2OC(C)(C)C(C)(C)O2)OC1(C)C.CC1(C)OB(c2ccc(CCS(C)(=O)=O)cc2)OC1(C)C.CS(=O)(=O)CCc1ccc(Br)cc1.CSCCc1ccc(Br)cc1.C[S-].Cc1ccc(S(=O)(=O)OCCc2ccc(Br)cc2)cc1.OCCc1ccc(Br)cc1.[Na+]. The number of halogens is 4. The molecule has 3 fully saturated rings. The predicted molar refractivity (Wildman–Crippen MR) is 412 cm³/mol. The summed E-state index contributed by atoms with van der Waals surface area (Å²) in [5.74, 6) is 1.60. The fourth-order valence-corrected chi connectivity index (χ4v) is 12.0. The minimum Gasteiger partial charge on any atom is -0.796 e. The number of thioether (sulfide) groups is 1. The van der Waals surface area contributed by atoms with E-state index in [2.05, 4.69) is 107 Å². The first-order valence-electron chi connectivity index (χ1n) is 30.9. The van der Waals surface area contributed by atoms with Crippen LogP contribution < -0.4 is 35.0 Å². The van der Waals surface area contributed by atoms with Crippen LogP contribution in [0.4, 0.5) is 0 Å². The monoisotopic (exact) mass is 1680 g/mol. The van der Waals surface area contributed by atoms with E-state index in [4.69, 9.17) is 37.2 Å². The summed E-state index contributed by atoms with van der Waals surface area (Å²) in [4.78, 5) is 0.193. The third-order valence-corrected chi connectivity index (χ3v) is 22.3. The molecule has 27 heteroatoms. The number of hydrogen-bond acceptors (Lipinski definition) is 16. The molecule has 3 aliphatic heterocycles. The van der Waals surface area contributed by atoms with E-state index in [1.165, 1.54) is 35.8 Å². The van der Waals surface area contributed by atoms with Crippen LogP contribution in [0.5, 0.6) is 0 Å². The number of benzene rings is 6. The van der Waals surface area contributed by atoms with E-state index >= 15 is 0 Å². The molecule has 3 aliphatic rings. The number of aliphatic hydroxyl groups excluding tert-OH is 1. The summed E-state index contributed by atoms with van der Waals surface area (Å²) in [6.45, 7) is 26.6. The van der Waals surface area contributed by atoms with Gasteiger partial charge < -0.3 is 45.7 Å². The van der Waals surface area contributed by atoms with Gasteiger partial charge in [-0.15, -0.1) is 0 Å². The summed E-state index contributed by atoms with van der Waals surface area (Å²) in [7, 11) is -10.8. The quantitative estimate of drug-likeness (QED) is 0.0486. The number of aliphatic hydroxyl groups is 1. The van der Waals surface area contributed by atoms with Crippen LogP contribution >= 0.6 is 75.5 Å². The Hall–Kier alpha value is -1.34. The van der Waals surface area contributed by atoms with Gasteiger partial charge in [-0.25, -0.2) is 16.8 Å². The van der Waals surface area contributed by atoms with Crippen molar-refractivity contribution in [2.24, 2.45) is 0 Å². The molecule has 3 heterocycles. The van der Waals surface area contributed by atoms with E-state index in [0.717, 1.165) is 52.0 Å². The van der Waals surface area contributed by atoms with Crippen molar-refractivity contribution in [3.8, 4) is 0 Å². The van der Waals surface area contributed by atoms with Crippen molar-refractivity contribution in [2.45, 2.75) is 161 Å². The van der Waals surface area contributed by atoms with E-state index in [9.17, 15) is 25.3 Å². The molecule has 96 heavy (non-hydrogen) atoms. The molecular formula is C69H96B3Br4NaO14S5. The normalized spacial score (nSPS) is 16.7. The minimum atomic E-state index is -3.66. The molecule has 0 bridgehead atoms. The standard InChI is InChI=1S/C15H23BO4S.C15H15BrO3S.C12H24B2O4.C9H11BrO2S.C9H11BrS.C8H9BrO.CH4S.Na/c1-14(2)15(3,4)20-16(19-14)13-8-6-12(7-9-13)10-11-21(5,17)18;1-12-2-8-15(9-3-12)20(17,18)19-11-10-13-4-6-14(16)7-5-13;1-9(2)10(3,4)16-13(15-9)14-17-11(5,6)12(7,8)18-14;1-13(11,12)7-6-8-2-4-9(10)5-3-8;1-11-7-6-8-2-4-9(10)5-3-8;9-8-3-1-7(2-4-8)5-6-10;1-2;/h6-9H,10-11H2,1-5H3;2-9H,10-11H2,1H3;1-8H3;2-5H,6-7H2,1H3;2-5H,6-7H2,1H3;1-4,10H,5-6H2;2H,1H3;/q;;;;;;;+1/p-1. The molecule has 6 aromatic carbocycles. The van der Waals surface area contributed by atoms with Gasteiger partial charge in [0.2, 0.25) is 0 Å². The van der Waals surface area contributed by atoms with Gasteiger partial charge in [-0.1, -0.05) is 154 Å². The van der Waals surface area contributed by atoms with Crippen LogP contribution in [0.3, 0.4) is 0 Å². The molecule has 3 saturated heterocycles. The number of sulfone groups is 2. The first-order chi connectivity index (χ1) is 44.0. The molecule has 9 rings (SSSR count). The average molecular weight is 1680 g/mol. The second-order valence-corrected chi connectivity index (χ2v) is 36.7. The molecular weight excluding hydrogens is 1590 g/mol. The molecule has 0 spiro atoms. The van der Waals surface area contributed by atoms with Crippen LogP contribution in [-0.4, -0.2) is 141 Å². The van der Waals surface area contributed by atoms with Gasteiger partial charge in [0.1, 0.15) is 19.7 Å². The zero-order valence-electron chi connectivity index (χ0n) is 59.0.